The SMILES string of the molecule is CC(=O)Cc1ccc(-c2ccccc2)cc1.CCCN1CCCC1.COc1ccc(-n2c(C(C)C)nc3ccccc3c2=O)cc1F. The van der Waals surface area contributed by atoms with Crippen molar-refractivity contribution >= 4 is 16.7 Å². The predicted octanol–water partition coefficient (Wildman–Crippen LogP) is 8.63. The van der Waals surface area contributed by atoms with Crippen LogP contribution in [0.5, 0.6) is 5.75 Å². The number of para-hydroxylation sites is 1. The first-order valence-corrected chi connectivity index (χ1v) is 16.4. The highest BCUT2D eigenvalue weighted by Crippen LogP contribution is 2.23. The standard InChI is InChI=1S/C18H17FN2O2.C15H14O.C7H15N/c1-11(2)17-20-15-7-5-4-6-13(15)18(22)21(17)12-8-9-16(23-3)14(19)10-12;1-12(16)11-13-7-9-15(10-8-13)14-5-3-2-4-6-14;1-2-5-8-6-3-4-7-8/h4-11H,1-3H3;2-10H,11H2,1H3;2-7H2,1H3. The molecule has 1 saturated heterocycles. The molecule has 5 aromatic rings. The van der Waals surface area contributed by atoms with E-state index in [1.807, 2.05) is 56.3 Å². The minimum atomic E-state index is -0.514. The molecule has 47 heavy (non-hydrogen) atoms. The van der Waals surface area contributed by atoms with Crippen LogP contribution in [0.3, 0.4) is 0 Å². The van der Waals surface area contributed by atoms with Crippen LogP contribution >= 0.6 is 0 Å². The normalized spacial score (nSPS) is 12.7. The number of ketones is 1. The monoisotopic (exact) mass is 635 g/mol. The molecule has 0 unspecified atom stereocenters. The molecular weight excluding hydrogens is 589 g/mol. The average molecular weight is 636 g/mol. The number of fused-ring (bicyclic) bond motifs is 1. The van der Waals surface area contributed by atoms with Crippen LogP contribution in [0.2, 0.25) is 0 Å². The van der Waals surface area contributed by atoms with E-state index in [0.717, 1.165) is 5.56 Å². The third-order valence-electron chi connectivity index (χ3n) is 7.96. The molecule has 6 rings (SSSR count). The van der Waals surface area contributed by atoms with Gasteiger partial charge in [0.25, 0.3) is 5.56 Å². The van der Waals surface area contributed by atoms with Gasteiger partial charge in [-0.2, -0.15) is 0 Å². The van der Waals surface area contributed by atoms with E-state index in [1.165, 1.54) is 73.8 Å². The fraction of sp³-hybridized carbons (Fsp3) is 0.325. The van der Waals surface area contributed by atoms with Crippen LogP contribution in [0.15, 0.2) is 102 Å². The van der Waals surface area contributed by atoms with Gasteiger partial charge in [-0.15, -0.1) is 0 Å². The fourth-order valence-electron chi connectivity index (χ4n) is 5.64. The summed E-state index contributed by atoms with van der Waals surface area (Å²) in [5.41, 5.74) is 4.35. The Kier molecular flexibility index (Phi) is 13.0. The van der Waals surface area contributed by atoms with Gasteiger partial charge in [-0.25, -0.2) is 9.37 Å². The first kappa shape index (κ1) is 35.2. The number of carbonyl (C=O) groups is 1. The summed E-state index contributed by atoms with van der Waals surface area (Å²) in [6.07, 6.45) is 4.70. The molecule has 0 N–H and O–H groups in total. The average Bonchev–Trinajstić information content (AvgIpc) is 3.59. The number of methoxy groups -OCH3 is 1. The largest absolute Gasteiger partial charge is 0.494 e. The van der Waals surface area contributed by atoms with Gasteiger partial charge in [0.15, 0.2) is 11.6 Å². The summed E-state index contributed by atoms with van der Waals surface area (Å²) in [6, 6.07) is 30.0. The number of halogens is 1. The van der Waals surface area contributed by atoms with Crippen LogP contribution in [-0.2, 0) is 11.2 Å². The van der Waals surface area contributed by atoms with Crippen molar-refractivity contribution in [3.8, 4) is 22.6 Å². The highest BCUT2D eigenvalue weighted by atomic mass is 19.1. The van der Waals surface area contributed by atoms with Crippen molar-refractivity contribution in [3.05, 3.63) is 125 Å². The highest BCUT2D eigenvalue weighted by molar-refractivity contribution is 5.79. The maximum absolute atomic E-state index is 14.1. The minimum absolute atomic E-state index is 0.0115. The maximum atomic E-state index is 14.1. The van der Waals surface area contributed by atoms with Gasteiger partial charge in [0.2, 0.25) is 0 Å². The van der Waals surface area contributed by atoms with Gasteiger partial charge < -0.3 is 9.64 Å². The number of carbonyl (C=O) groups excluding carboxylic acids is 1. The number of nitrogens with zero attached hydrogens (tertiary/aromatic N) is 3. The van der Waals surface area contributed by atoms with Gasteiger partial charge >= 0.3 is 0 Å². The van der Waals surface area contributed by atoms with Gasteiger partial charge in [0, 0.05) is 18.4 Å². The molecule has 1 aliphatic rings. The quantitative estimate of drug-likeness (QED) is 0.171. The van der Waals surface area contributed by atoms with Crippen molar-refractivity contribution in [1.82, 2.24) is 14.5 Å². The van der Waals surface area contributed by atoms with Crippen molar-refractivity contribution in [2.24, 2.45) is 0 Å². The molecule has 0 bridgehead atoms. The number of likely N-dealkylation sites (tertiary alicyclic amines) is 1. The predicted molar refractivity (Wildman–Crippen MR) is 190 cm³/mol. The molecule has 0 aliphatic carbocycles. The highest BCUT2D eigenvalue weighted by Gasteiger charge is 2.16. The Bertz CT molecular complexity index is 1790. The van der Waals surface area contributed by atoms with E-state index < -0.39 is 5.82 Å². The third-order valence-corrected chi connectivity index (χ3v) is 7.96. The topological polar surface area (TPSA) is 64.4 Å². The van der Waals surface area contributed by atoms with Gasteiger partial charge in [-0.3, -0.25) is 14.2 Å². The zero-order valence-electron chi connectivity index (χ0n) is 28.2. The van der Waals surface area contributed by atoms with Crippen molar-refractivity contribution in [1.29, 1.82) is 0 Å². The van der Waals surface area contributed by atoms with Gasteiger partial charge in [0.1, 0.15) is 11.6 Å². The van der Waals surface area contributed by atoms with Crippen LogP contribution in [0.4, 0.5) is 4.39 Å². The second-order valence-corrected chi connectivity index (χ2v) is 12.1. The molecule has 1 aliphatic heterocycles. The van der Waals surface area contributed by atoms with Crippen LogP contribution in [0, 0.1) is 5.82 Å². The number of ether oxygens (including phenoxy) is 1. The fourth-order valence-corrected chi connectivity index (χ4v) is 5.64. The first-order valence-electron chi connectivity index (χ1n) is 16.4. The van der Waals surface area contributed by atoms with E-state index >= 15 is 0 Å². The lowest BCUT2D eigenvalue weighted by molar-refractivity contribution is -0.116. The summed E-state index contributed by atoms with van der Waals surface area (Å²) in [5.74, 6) is 0.435. The maximum Gasteiger partial charge on any atom is 0.265 e. The number of aromatic nitrogens is 2. The Balaban J connectivity index is 0.000000180. The summed E-state index contributed by atoms with van der Waals surface area (Å²) in [6.45, 7) is 11.8. The van der Waals surface area contributed by atoms with Crippen molar-refractivity contribution in [2.75, 3.05) is 26.7 Å². The van der Waals surface area contributed by atoms with E-state index in [9.17, 15) is 14.0 Å². The Hall–Kier alpha value is -4.62. The van der Waals surface area contributed by atoms with Crippen LogP contribution in [0.1, 0.15) is 64.3 Å². The number of Topliss-reactive ketones (excluding diaryl/α,β-unsaturated/α-hetero) is 1. The van der Waals surface area contributed by atoms with E-state index in [0.29, 0.717) is 28.8 Å². The van der Waals surface area contributed by atoms with Crippen molar-refractivity contribution < 1.29 is 13.9 Å². The molecule has 0 radical (unpaired) electrons. The van der Waals surface area contributed by atoms with E-state index in [-0.39, 0.29) is 23.0 Å². The molecule has 246 valence electrons. The van der Waals surface area contributed by atoms with Crippen LogP contribution in [-0.4, -0.2) is 47.0 Å². The summed E-state index contributed by atoms with van der Waals surface area (Å²) < 4.78 is 20.5. The van der Waals surface area contributed by atoms with E-state index in [2.05, 4.69) is 41.1 Å². The molecule has 0 atom stereocenters. The van der Waals surface area contributed by atoms with E-state index in [1.54, 1.807) is 25.1 Å². The van der Waals surface area contributed by atoms with Crippen molar-refractivity contribution in [2.45, 2.75) is 59.3 Å². The second-order valence-electron chi connectivity index (χ2n) is 12.1. The van der Waals surface area contributed by atoms with Gasteiger partial charge in [-0.1, -0.05) is 87.5 Å². The van der Waals surface area contributed by atoms with Crippen molar-refractivity contribution in [3.63, 3.8) is 0 Å². The van der Waals surface area contributed by atoms with Gasteiger partial charge in [-0.05, 0) is 86.8 Å². The van der Waals surface area contributed by atoms with E-state index in [4.69, 9.17) is 4.74 Å². The molecule has 4 aromatic carbocycles. The zero-order chi connectivity index (χ0) is 33.8. The Morgan fingerprint density at radius 3 is 2.13 bits per heavy atom. The Morgan fingerprint density at radius 2 is 1.53 bits per heavy atom. The number of rotatable bonds is 8. The first-order chi connectivity index (χ1) is 22.7. The summed E-state index contributed by atoms with van der Waals surface area (Å²) in [7, 11) is 1.40. The Labute approximate surface area is 277 Å². The summed E-state index contributed by atoms with van der Waals surface area (Å²) >= 11 is 0. The van der Waals surface area contributed by atoms with Gasteiger partial charge in [0.05, 0.1) is 23.7 Å². The summed E-state index contributed by atoms with van der Waals surface area (Å²) in [5, 5.41) is 0.508. The molecule has 0 spiro atoms. The lowest BCUT2D eigenvalue weighted by Crippen LogP contribution is -2.24. The molecule has 1 aromatic heterocycles. The smallest absolute Gasteiger partial charge is 0.265 e. The molecule has 1 fully saturated rings. The number of benzene rings is 4. The van der Waals surface area contributed by atoms with Crippen LogP contribution in [0.25, 0.3) is 27.7 Å². The van der Waals surface area contributed by atoms with Crippen LogP contribution < -0.4 is 10.3 Å². The lowest BCUT2D eigenvalue weighted by atomic mass is 10.0. The third kappa shape index (κ3) is 9.69. The number of hydrogen-bond donors (Lipinski definition) is 0. The second kappa shape index (κ2) is 17.3. The molecule has 0 amide bonds. The number of hydrogen-bond acceptors (Lipinski definition) is 5. The Morgan fingerprint density at radius 1 is 0.894 bits per heavy atom. The molecular formula is C40H46FN3O3. The molecule has 0 saturated carbocycles. The molecule has 7 heteroatoms. The molecule has 6 nitrogen and oxygen atoms in total. The minimum Gasteiger partial charge on any atom is -0.494 e. The zero-order valence-corrected chi connectivity index (χ0v) is 28.2. The molecule has 2 heterocycles. The summed E-state index contributed by atoms with van der Waals surface area (Å²) in [4.78, 5) is 31.0. The lowest BCUT2D eigenvalue weighted by Gasteiger charge is -2.16.